The minimum atomic E-state index is -3.99. The van der Waals surface area contributed by atoms with Gasteiger partial charge in [-0.15, -0.1) is 0 Å². The largest absolute Gasteiger partial charge is 0.444 e. The number of sulfone groups is 1. The Morgan fingerprint density at radius 3 is 2.23 bits per heavy atom. The number of benzene rings is 2. The summed E-state index contributed by atoms with van der Waals surface area (Å²) < 4.78 is 57.2. The number of hydrogen-bond donors (Lipinski definition) is 0. The molecule has 0 aliphatic carbocycles. The SMILES string of the molecule is Cc1cccc2c1N(C1CCN(S(=O)(=O)c3ccccc3S(C)(=O)=O)CC1)C(=O)OC2. The van der Waals surface area contributed by atoms with E-state index in [1.54, 1.807) is 4.90 Å². The smallest absolute Gasteiger partial charge is 0.414 e. The normalized spacial score (nSPS) is 18.5. The highest BCUT2D eigenvalue weighted by Crippen LogP contribution is 2.35. The number of fused-ring (bicyclic) bond motifs is 1. The summed E-state index contributed by atoms with van der Waals surface area (Å²) in [4.78, 5) is 13.8. The fourth-order valence-corrected chi connectivity index (χ4v) is 7.33. The van der Waals surface area contributed by atoms with E-state index in [1.807, 2.05) is 25.1 Å². The predicted molar refractivity (Wildman–Crippen MR) is 115 cm³/mol. The molecule has 0 saturated carbocycles. The van der Waals surface area contributed by atoms with E-state index in [4.69, 9.17) is 4.74 Å². The van der Waals surface area contributed by atoms with Gasteiger partial charge in [0, 0.05) is 31.0 Å². The molecule has 2 aliphatic rings. The Hall–Kier alpha value is -2.43. The molecule has 2 heterocycles. The predicted octanol–water partition coefficient (Wildman–Crippen LogP) is 2.71. The van der Waals surface area contributed by atoms with Gasteiger partial charge < -0.3 is 4.74 Å². The maximum Gasteiger partial charge on any atom is 0.414 e. The van der Waals surface area contributed by atoms with Crippen molar-refractivity contribution < 1.29 is 26.4 Å². The topological polar surface area (TPSA) is 101 Å². The molecule has 0 atom stereocenters. The summed E-state index contributed by atoms with van der Waals surface area (Å²) >= 11 is 0. The number of ether oxygens (including phenoxy) is 1. The van der Waals surface area contributed by atoms with Crippen molar-refractivity contribution in [2.75, 3.05) is 24.2 Å². The molecule has 31 heavy (non-hydrogen) atoms. The summed E-state index contributed by atoms with van der Waals surface area (Å²) in [5.41, 5.74) is 2.73. The van der Waals surface area contributed by atoms with Crippen molar-refractivity contribution in [2.45, 2.75) is 42.2 Å². The first-order valence-electron chi connectivity index (χ1n) is 9.94. The first-order chi connectivity index (χ1) is 14.6. The molecule has 0 bridgehead atoms. The van der Waals surface area contributed by atoms with Gasteiger partial charge in [0.25, 0.3) is 0 Å². The molecule has 0 aromatic heterocycles. The van der Waals surface area contributed by atoms with Gasteiger partial charge in [-0.1, -0.05) is 30.3 Å². The Bertz CT molecular complexity index is 1230. The lowest BCUT2D eigenvalue weighted by Crippen LogP contribution is -2.50. The lowest BCUT2D eigenvalue weighted by atomic mass is 10.00. The van der Waals surface area contributed by atoms with Crippen LogP contribution in [0.25, 0.3) is 0 Å². The number of carbonyl (C=O) groups is 1. The summed E-state index contributed by atoms with van der Waals surface area (Å²) in [6, 6.07) is 11.2. The Morgan fingerprint density at radius 1 is 0.935 bits per heavy atom. The quantitative estimate of drug-likeness (QED) is 0.690. The average Bonchev–Trinajstić information content (AvgIpc) is 2.74. The number of sulfonamides is 1. The molecule has 0 radical (unpaired) electrons. The van der Waals surface area contributed by atoms with Crippen LogP contribution in [0.1, 0.15) is 24.0 Å². The summed E-state index contributed by atoms with van der Waals surface area (Å²) in [6.45, 7) is 2.51. The average molecular weight is 465 g/mol. The molecule has 166 valence electrons. The van der Waals surface area contributed by atoms with E-state index in [2.05, 4.69) is 0 Å². The molecule has 10 heteroatoms. The van der Waals surface area contributed by atoms with Crippen LogP contribution in [-0.2, 0) is 31.2 Å². The van der Waals surface area contributed by atoms with Crippen molar-refractivity contribution in [1.82, 2.24) is 4.31 Å². The molecule has 1 saturated heterocycles. The van der Waals surface area contributed by atoms with E-state index in [0.29, 0.717) is 12.8 Å². The first-order valence-corrected chi connectivity index (χ1v) is 13.3. The number of anilines is 1. The highest BCUT2D eigenvalue weighted by molar-refractivity contribution is 7.93. The molecule has 2 aliphatic heterocycles. The molecule has 4 rings (SSSR count). The summed E-state index contributed by atoms with van der Waals surface area (Å²) in [5.74, 6) is 0. The van der Waals surface area contributed by atoms with Gasteiger partial charge in [-0.2, -0.15) is 4.31 Å². The van der Waals surface area contributed by atoms with E-state index in [-0.39, 0.29) is 35.5 Å². The zero-order chi connectivity index (χ0) is 22.4. The van der Waals surface area contributed by atoms with Gasteiger partial charge in [0.1, 0.15) is 11.5 Å². The van der Waals surface area contributed by atoms with Crippen molar-refractivity contribution in [2.24, 2.45) is 0 Å². The third-order valence-electron chi connectivity index (χ3n) is 5.77. The number of rotatable bonds is 4. The van der Waals surface area contributed by atoms with E-state index in [0.717, 1.165) is 23.1 Å². The van der Waals surface area contributed by atoms with Crippen LogP contribution >= 0.6 is 0 Å². The minimum Gasteiger partial charge on any atom is -0.444 e. The summed E-state index contributed by atoms with van der Waals surface area (Å²) in [6.07, 6.45) is 1.41. The zero-order valence-corrected chi connectivity index (χ0v) is 18.9. The highest BCUT2D eigenvalue weighted by Gasteiger charge is 2.38. The maximum atomic E-state index is 13.2. The van der Waals surface area contributed by atoms with Gasteiger partial charge in [-0.25, -0.2) is 21.6 Å². The second-order valence-electron chi connectivity index (χ2n) is 7.86. The molecule has 0 N–H and O–H groups in total. The van der Waals surface area contributed by atoms with E-state index < -0.39 is 26.0 Å². The summed E-state index contributed by atoms with van der Waals surface area (Å²) in [5, 5.41) is 0. The third-order valence-corrected chi connectivity index (χ3v) is 9.01. The summed E-state index contributed by atoms with van der Waals surface area (Å²) in [7, 11) is -7.70. The van der Waals surface area contributed by atoms with Gasteiger partial charge in [0.15, 0.2) is 9.84 Å². The fraction of sp³-hybridized carbons (Fsp3) is 0.381. The van der Waals surface area contributed by atoms with Crippen molar-refractivity contribution in [3.05, 3.63) is 53.6 Å². The van der Waals surface area contributed by atoms with Gasteiger partial charge in [0.2, 0.25) is 10.0 Å². The number of amides is 1. The van der Waals surface area contributed by atoms with Crippen molar-refractivity contribution in [1.29, 1.82) is 0 Å². The van der Waals surface area contributed by atoms with E-state index in [9.17, 15) is 21.6 Å². The Morgan fingerprint density at radius 2 is 1.58 bits per heavy atom. The lowest BCUT2D eigenvalue weighted by molar-refractivity contribution is 0.135. The zero-order valence-electron chi connectivity index (χ0n) is 17.3. The fourth-order valence-electron chi connectivity index (χ4n) is 4.26. The second-order valence-corrected chi connectivity index (χ2v) is 11.8. The molecule has 2 aromatic rings. The van der Waals surface area contributed by atoms with Gasteiger partial charge in [-0.3, -0.25) is 4.90 Å². The molecular formula is C21H24N2O6S2. The van der Waals surface area contributed by atoms with Crippen LogP contribution in [0.3, 0.4) is 0 Å². The molecule has 1 amide bonds. The molecule has 8 nitrogen and oxygen atoms in total. The number of hydrogen-bond acceptors (Lipinski definition) is 6. The number of aryl methyl sites for hydroxylation is 1. The van der Waals surface area contributed by atoms with Crippen LogP contribution in [0.5, 0.6) is 0 Å². The minimum absolute atomic E-state index is 0.177. The standard InChI is InChI=1S/C21H24N2O6S2/c1-15-6-5-7-16-14-29-21(24)23(20(15)16)17-10-12-22(13-11-17)31(27,28)19-9-4-3-8-18(19)30(2,25)26/h3-9,17H,10-14H2,1-2H3. The van der Waals surface area contributed by atoms with Crippen molar-refractivity contribution in [3.8, 4) is 0 Å². The number of para-hydroxylation sites is 1. The van der Waals surface area contributed by atoms with Crippen LogP contribution < -0.4 is 4.90 Å². The maximum absolute atomic E-state index is 13.2. The Kier molecular flexibility index (Phi) is 5.57. The number of nitrogens with zero attached hydrogens (tertiary/aromatic N) is 2. The molecule has 1 fully saturated rings. The number of piperidine rings is 1. The number of cyclic esters (lactones) is 1. The lowest BCUT2D eigenvalue weighted by Gasteiger charge is -2.40. The molecule has 0 spiro atoms. The Labute approximate surface area is 182 Å². The van der Waals surface area contributed by atoms with E-state index >= 15 is 0 Å². The van der Waals surface area contributed by atoms with Gasteiger partial charge in [-0.05, 0) is 37.5 Å². The third kappa shape index (κ3) is 3.95. The highest BCUT2D eigenvalue weighted by atomic mass is 32.2. The van der Waals surface area contributed by atoms with Crippen LogP contribution in [0.15, 0.2) is 52.3 Å². The van der Waals surface area contributed by atoms with Crippen LogP contribution in [0, 0.1) is 6.92 Å². The van der Waals surface area contributed by atoms with Gasteiger partial charge in [0.05, 0.1) is 10.6 Å². The number of carbonyl (C=O) groups excluding carboxylic acids is 1. The van der Waals surface area contributed by atoms with Crippen LogP contribution in [0.2, 0.25) is 0 Å². The molecule has 2 aromatic carbocycles. The first kappa shape index (κ1) is 21.8. The molecular weight excluding hydrogens is 440 g/mol. The Balaban J connectivity index is 1.59. The van der Waals surface area contributed by atoms with Gasteiger partial charge >= 0.3 is 6.09 Å². The van der Waals surface area contributed by atoms with Crippen molar-refractivity contribution in [3.63, 3.8) is 0 Å². The van der Waals surface area contributed by atoms with Crippen molar-refractivity contribution >= 4 is 31.6 Å². The monoisotopic (exact) mass is 464 g/mol. The van der Waals surface area contributed by atoms with E-state index in [1.165, 1.54) is 28.6 Å². The van der Waals surface area contributed by atoms with Crippen LogP contribution in [0.4, 0.5) is 10.5 Å². The second kappa shape index (κ2) is 7.92. The molecule has 0 unspecified atom stereocenters. The van der Waals surface area contributed by atoms with Crippen LogP contribution in [-0.4, -0.2) is 52.6 Å².